The second-order valence-corrected chi connectivity index (χ2v) is 15.1. The van der Waals surface area contributed by atoms with Crippen LogP contribution in [-0.4, -0.2) is 104 Å². The van der Waals surface area contributed by atoms with Crippen LogP contribution in [0.2, 0.25) is 5.02 Å². The van der Waals surface area contributed by atoms with Gasteiger partial charge in [0.1, 0.15) is 12.4 Å². The molecule has 3 aromatic carbocycles. The number of piperazine rings is 1. The van der Waals surface area contributed by atoms with Crippen molar-refractivity contribution in [2.75, 3.05) is 57.5 Å². The summed E-state index contributed by atoms with van der Waals surface area (Å²) in [6, 6.07) is 12.5. The molecular weight excluding hydrogens is 787 g/mol. The molecule has 0 saturated carbocycles. The number of hydrogen-bond acceptors (Lipinski definition) is 7. The highest BCUT2D eigenvalue weighted by Gasteiger charge is 2.30. The van der Waals surface area contributed by atoms with Gasteiger partial charge in [-0.15, -0.1) is 0 Å². The molecule has 17 heteroatoms. The molecule has 3 heterocycles. The van der Waals surface area contributed by atoms with E-state index in [1.165, 1.54) is 83.3 Å². The number of carbonyl (C=O) groups is 4. The first-order valence-corrected chi connectivity index (χ1v) is 19.5. The second kappa shape index (κ2) is 18.3. The van der Waals surface area contributed by atoms with Crippen LogP contribution in [0.5, 0.6) is 0 Å². The molecule has 0 radical (unpaired) electrons. The van der Waals surface area contributed by atoms with Crippen LogP contribution in [0, 0.1) is 30.3 Å². The molecule has 0 aliphatic carbocycles. The maximum atomic E-state index is 15.7. The lowest BCUT2D eigenvalue weighted by molar-refractivity contribution is -0.137. The van der Waals surface area contributed by atoms with Crippen molar-refractivity contribution in [2.45, 2.75) is 33.2 Å². The molecule has 2 N–H and O–H groups in total. The SMILES string of the molecule is CCC(CCN(C)C)C(=O)N1CCN(C(=O)c2ccc(NC(=O)c3ncc(-c4ccc(-c5cn(CC(=O)Nc6ccc(F)cc6)nc5C)c(F)c4F)n3C)cc2Cl)CC1. The fourth-order valence-corrected chi connectivity index (χ4v) is 7.26. The lowest BCUT2D eigenvalue weighted by Crippen LogP contribution is -2.52. The Labute approximate surface area is 344 Å². The van der Waals surface area contributed by atoms with E-state index in [9.17, 15) is 23.6 Å². The molecule has 1 aliphatic rings. The first-order chi connectivity index (χ1) is 28.1. The zero-order valence-electron chi connectivity index (χ0n) is 33.4. The van der Waals surface area contributed by atoms with Crippen molar-refractivity contribution < 1.29 is 32.3 Å². The van der Waals surface area contributed by atoms with E-state index >= 15 is 8.78 Å². The highest BCUT2D eigenvalue weighted by atomic mass is 35.5. The summed E-state index contributed by atoms with van der Waals surface area (Å²) in [7, 11) is 5.45. The summed E-state index contributed by atoms with van der Waals surface area (Å²) in [5.41, 5.74) is 1.44. The summed E-state index contributed by atoms with van der Waals surface area (Å²) in [4.78, 5) is 62.1. The Bertz CT molecular complexity index is 2370. The average Bonchev–Trinajstić information content (AvgIpc) is 3.77. The van der Waals surface area contributed by atoms with Crippen LogP contribution in [0.3, 0.4) is 0 Å². The topological polar surface area (TPSA) is 138 Å². The van der Waals surface area contributed by atoms with Crippen molar-refractivity contribution in [1.82, 2.24) is 34.0 Å². The van der Waals surface area contributed by atoms with Gasteiger partial charge in [-0.05, 0) is 88.9 Å². The van der Waals surface area contributed by atoms with E-state index in [4.69, 9.17) is 11.6 Å². The van der Waals surface area contributed by atoms with Crippen LogP contribution < -0.4 is 10.6 Å². The number of imidazole rings is 1. The Balaban J connectivity index is 1.08. The molecule has 1 atom stereocenters. The molecule has 1 saturated heterocycles. The van der Waals surface area contributed by atoms with Gasteiger partial charge in [0, 0.05) is 73.4 Å². The Morgan fingerprint density at radius 3 is 2.17 bits per heavy atom. The van der Waals surface area contributed by atoms with Crippen LogP contribution >= 0.6 is 11.6 Å². The smallest absolute Gasteiger partial charge is 0.291 e. The predicted molar refractivity (Wildman–Crippen MR) is 218 cm³/mol. The van der Waals surface area contributed by atoms with Gasteiger partial charge in [-0.2, -0.15) is 5.10 Å². The third-order valence-electron chi connectivity index (χ3n) is 10.3. The molecule has 1 fully saturated rings. The van der Waals surface area contributed by atoms with E-state index in [-0.39, 0.29) is 68.8 Å². The van der Waals surface area contributed by atoms with Crippen LogP contribution in [0.25, 0.3) is 22.4 Å². The molecule has 4 amide bonds. The molecule has 6 rings (SSSR count). The number of carbonyl (C=O) groups excluding carboxylic acids is 4. The van der Waals surface area contributed by atoms with Gasteiger partial charge in [0.05, 0.1) is 28.2 Å². The van der Waals surface area contributed by atoms with E-state index in [1.54, 1.807) is 11.8 Å². The van der Waals surface area contributed by atoms with Gasteiger partial charge in [0.25, 0.3) is 11.8 Å². The van der Waals surface area contributed by atoms with Gasteiger partial charge >= 0.3 is 0 Å². The quantitative estimate of drug-likeness (QED) is 0.139. The van der Waals surface area contributed by atoms with Gasteiger partial charge in [0.2, 0.25) is 11.8 Å². The number of benzene rings is 3. The lowest BCUT2D eigenvalue weighted by atomic mass is 10.00. The number of hydrogen-bond donors (Lipinski definition) is 2. The second-order valence-electron chi connectivity index (χ2n) is 14.7. The average molecular weight is 832 g/mol. The van der Waals surface area contributed by atoms with Crippen molar-refractivity contribution in [3.63, 3.8) is 0 Å². The first-order valence-electron chi connectivity index (χ1n) is 19.1. The first kappa shape index (κ1) is 42.6. The molecule has 59 heavy (non-hydrogen) atoms. The molecule has 2 aromatic heterocycles. The molecule has 310 valence electrons. The van der Waals surface area contributed by atoms with E-state index in [1.807, 2.05) is 25.9 Å². The molecule has 1 unspecified atom stereocenters. The summed E-state index contributed by atoms with van der Waals surface area (Å²) in [5, 5.41) is 9.72. The summed E-state index contributed by atoms with van der Waals surface area (Å²) in [5.74, 6) is -4.24. The molecule has 0 bridgehead atoms. The number of halogens is 4. The van der Waals surface area contributed by atoms with Crippen LogP contribution in [0.1, 0.15) is 46.4 Å². The van der Waals surface area contributed by atoms with Crippen LogP contribution in [0.4, 0.5) is 24.5 Å². The summed E-state index contributed by atoms with van der Waals surface area (Å²) < 4.78 is 47.2. The number of anilines is 2. The Hall–Kier alpha value is -6.00. The molecule has 5 aromatic rings. The third-order valence-corrected chi connectivity index (χ3v) is 10.6. The zero-order chi connectivity index (χ0) is 42.5. The summed E-state index contributed by atoms with van der Waals surface area (Å²) >= 11 is 6.55. The number of rotatable bonds is 13. The number of aryl methyl sites for hydroxylation is 1. The van der Waals surface area contributed by atoms with Gasteiger partial charge < -0.3 is 29.9 Å². The molecule has 1 aliphatic heterocycles. The highest BCUT2D eigenvalue weighted by molar-refractivity contribution is 6.34. The number of nitrogens with zero attached hydrogens (tertiary/aromatic N) is 7. The number of amides is 4. The van der Waals surface area contributed by atoms with E-state index in [2.05, 4.69) is 25.6 Å². The van der Waals surface area contributed by atoms with E-state index in [0.29, 0.717) is 37.6 Å². The monoisotopic (exact) mass is 831 g/mol. The maximum Gasteiger partial charge on any atom is 0.291 e. The zero-order valence-corrected chi connectivity index (χ0v) is 34.1. The van der Waals surface area contributed by atoms with Crippen molar-refractivity contribution in [3.05, 3.63) is 107 Å². The summed E-state index contributed by atoms with van der Waals surface area (Å²) in [6.45, 7) is 5.79. The normalized spacial score (nSPS) is 13.5. The Morgan fingerprint density at radius 2 is 1.51 bits per heavy atom. The Morgan fingerprint density at radius 1 is 0.864 bits per heavy atom. The standard InChI is InChI=1S/C42H45ClF3N9O4/c1-6-26(15-16-51(3)4)41(58)53-17-19-54(20-18-53)42(59)31-12-11-29(21-34(31)43)49-40(57)39-47-22-35(52(39)5)32-14-13-30(37(45)38(32)46)33-23-55(50-25(33)2)24-36(56)48-28-9-7-27(44)8-10-28/h7-14,21-23,26H,6,15-20,24H2,1-5H3,(H,48,56)(H,49,57). The maximum absolute atomic E-state index is 15.7. The number of aromatic nitrogens is 4. The van der Waals surface area contributed by atoms with E-state index in [0.717, 1.165) is 19.4 Å². The largest absolute Gasteiger partial charge is 0.339 e. The van der Waals surface area contributed by atoms with Gasteiger partial charge in [-0.3, -0.25) is 23.9 Å². The van der Waals surface area contributed by atoms with Gasteiger partial charge in [-0.25, -0.2) is 18.2 Å². The fourth-order valence-electron chi connectivity index (χ4n) is 7.00. The van der Waals surface area contributed by atoms with Crippen LogP contribution in [-0.2, 0) is 23.2 Å². The van der Waals surface area contributed by atoms with Crippen molar-refractivity contribution in [3.8, 4) is 22.4 Å². The lowest BCUT2D eigenvalue weighted by Gasteiger charge is -2.36. The molecule has 0 spiro atoms. The third kappa shape index (κ3) is 9.66. The highest BCUT2D eigenvalue weighted by Crippen LogP contribution is 2.33. The number of nitrogens with one attached hydrogen (secondary N) is 2. The minimum absolute atomic E-state index is 0.0651. The van der Waals surface area contributed by atoms with Crippen molar-refractivity contribution in [2.24, 2.45) is 13.0 Å². The minimum Gasteiger partial charge on any atom is -0.339 e. The Kier molecular flexibility index (Phi) is 13.2. The predicted octanol–water partition coefficient (Wildman–Crippen LogP) is 6.48. The molecule has 13 nitrogen and oxygen atoms in total. The molecular formula is C42H45ClF3N9O4. The minimum atomic E-state index is -1.18. The van der Waals surface area contributed by atoms with E-state index < -0.39 is 29.3 Å². The van der Waals surface area contributed by atoms with Crippen LogP contribution in [0.15, 0.2) is 67.0 Å². The fraction of sp³-hybridized carbons (Fsp3) is 0.333. The van der Waals surface area contributed by atoms with Gasteiger partial charge in [-0.1, -0.05) is 24.6 Å². The van der Waals surface area contributed by atoms with Crippen molar-refractivity contribution >= 4 is 46.6 Å². The summed E-state index contributed by atoms with van der Waals surface area (Å²) in [6.07, 6.45) is 4.21. The van der Waals surface area contributed by atoms with Crippen molar-refractivity contribution in [1.29, 1.82) is 0 Å². The van der Waals surface area contributed by atoms with Gasteiger partial charge in [0.15, 0.2) is 17.5 Å².